The fourth-order valence-corrected chi connectivity index (χ4v) is 2.37. The lowest BCUT2D eigenvalue weighted by atomic mass is 10.2. The van der Waals surface area contributed by atoms with E-state index in [2.05, 4.69) is 15.2 Å². The maximum absolute atomic E-state index is 12.1. The fourth-order valence-electron chi connectivity index (χ4n) is 2.19. The normalized spacial score (nSPS) is 12.6. The van der Waals surface area contributed by atoms with Gasteiger partial charge < -0.3 is 14.8 Å². The number of nitrogens with zero attached hydrogens (tertiary/aromatic N) is 2. The molecule has 0 saturated heterocycles. The van der Waals surface area contributed by atoms with Crippen LogP contribution in [0.25, 0.3) is 10.9 Å². The van der Waals surface area contributed by atoms with Crippen LogP contribution in [0.2, 0.25) is 5.02 Å². The summed E-state index contributed by atoms with van der Waals surface area (Å²) >= 11 is 5.87. The monoisotopic (exact) mass is 343 g/mol. The number of rotatable bonds is 4. The molecule has 1 aromatic heterocycles. The summed E-state index contributed by atoms with van der Waals surface area (Å²) in [5, 5.41) is 18.6. The average molecular weight is 344 g/mol. The van der Waals surface area contributed by atoms with Crippen LogP contribution in [0, 0.1) is 0 Å². The molecule has 0 aliphatic rings. The Morgan fingerprint density at radius 2 is 2.04 bits per heavy atom. The number of ether oxygens (including phenoxy) is 1. The minimum absolute atomic E-state index is 0.142. The van der Waals surface area contributed by atoms with Gasteiger partial charge in [0.15, 0.2) is 11.8 Å². The van der Waals surface area contributed by atoms with E-state index >= 15 is 0 Å². The van der Waals surface area contributed by atoms with Gasteiger partial charge >= 0.3 is 5.91 Å². The summed E-state index contributed by atoms with van der Waals surface area (Å²) < 4.78 is 5.49. The zero-order valence-corrected chi connectivity index (χ0v) is 13.5. The molecule has 0 unspecified atom stereocenters. The number of aromatic hydroxyl groups is 1. The van der Waals surface area contributed by atoms with E-state index in [9.17, 15) is 9.90 Å². The Morgan fingerprint density at radius 1 is 1.25 bits per heavy atom. The van der Waals surface area contributed by atoms with Gasteiger partial charge in [-0.25, -0.2) is 0 Å². The highest BCUT2D eigenvalue weighted by atomic mass is 35.5. The van der Waals surface area contributed by atoms with Crippen LogP contribution in [0.5, 0.6) is 11.6 Å². The molecular formula is C17H14ClN3O3. The molecule has 0 aliphatic heterocycles. The fraction of sp³-hybridized carbons (Fsp3) is 0.118. The quantitative estimate of drug-likeness (QED) is 0.678. The molecule has 0 spiro atoms. The standard InChI is InChI=1S/C17H14ClN3O3/c1-10(24-12-6-4-5-11(18)9-12)16(22)21-20-15-13-7-2-3-8-14(13)19-17(15)23/h2-10,19,23H,1H3/t10-/m1/s1. The molecule has 0 saturated carbocycles. The van der Waals surface area contributed by atoms with Crippen molar-refractivity contribution in [2.24, 2.45) is 10.2 Å². The number of aromatic nitrogens is 1. The van der Waals surface area contributed by atoms with Gasteiger partial charge in [0, 0.05) is 10.4 Å². The van der Waals surface area contributed by atoms with Gasteiger partial charge in [-0.2, -0.15) is 0 Å². The topological polar surface area (TPSA) is 87.0 Å². The van der Waals surface area contributed by atoms with Gasteiger partial charge in [0.05, 0.1) is 5.52 Å². The van der Waals surface area contributed by atoms with Crippen molar-refractivity contribution in [2.75, 3.05) is 0 Å². The summed E-state index contributed by atoms with van der Waals surface area (Å²) in [5.74, 6) is -0.246. The van der Waals surface area contributed by atoms with Gasteiger partial charge in [0.25, 0.3) is 0 Å². The van der Waals surface area contributed by atoms with E-state index in [1.807, 2.05) is 6.07 Å². The van der Waals surface area contributed by atoms with Crippen LogP contribution in [-0.4, -0.2) is 22.1 Å². The SMILES string of the molecule is C[C@@H](Oc1cccc(Cl)c1)C(=O)N=Nc1c(O)[nH]c2ccccc12. The number of para-hydroxylation sites is 1. The van der Waals surface area contributed by atoms with Crippen LogP contribution in [0.4, 0.5) is 5.69 Å². The van der Waals surface area contributed by atoms with Crippen molar-refractivity contribution in [1.82, 2.24) is 4.98 Å². The lowest BCUT2D eigenvalue weighted by Gasteiger charge is -2.10. The number of azo groups is 1. The first-order chi connectivity index (χ1) is 11.5. The molecule has 6 nitrogen and oxygen atoms in total. The summed E-state index contributed by atoms with van der Waals surface area (Å²) in [5.41, 5.74) is 0.925. The zero-order valence-electron chi connectivity index (χ0n) is 12.7. The third kappa shape index (κ3) is 3.38. The third-order valence-corrected chi connectivity index (χ3v) is 3.60. The first kappa shape index (κ1) is 16.0. The molecule has 3 rings (SSSR count). The second-order valence-corrected chi connectivity index (χ2v) is 5.56. The van der Waals surface area contributed by atoms with Crippen LogP contribution in [-0.2, 0) is 4.79 Å². The van der Waals surface area contributed by atoms with Gasteiger partial charge in [-0.15, -0.1) is 10.2 Å². The van der Waals surface area contributed by atoms with E-state index in [-0.39, 0.29) is 11.6 Å². The van der Waals surface area contributed by atoms with Crippen LogP contribution in [0.15, 0.2) is 58.8 Å². The Labute approximate surface area is 142 Å². The minimum atomic E-state index is -0.834. The maximum Gasteiger partial charge on any atom is 0.304 e. The van der Waals surface area contributed by atoms with Crippen molar-refractivity contribution in [3.8, 4) is 11.6 Å². The van der Waals surface area contributed by atoms with Crippen LogP contribution < -0.4 is 4.74 Å². The maximum atomic E-state index is 12.1. The van der Waals surface area contributed by atoms with E-state index < -0.39 is 12.0 Å². The highest BCUT2D eigenvalue weighted by Crippen LogP contribution is 2.35. The van der Waals surface area contributed by atoms with Crippen LogP contribution in [0.1, 0.15) is 6.92 Å². The van der Waals surface area contributed by atoms with Gasteiger partial charge in [-0.3, -0.25) is 4.79 Å². The number of hydrogen-bond acceptors (Lipinski definition) is 4. The summed E-state index contributed by atoms with van der Waals surface area (Å²) in [6.07, 6.45) is -0.834. The minimum Gasteiger partial charge on any atom is -0.493 e. The predicted molar refractivity (Wildman–Crippen MR) is 91.0 cm³/mol. The second-order valence-electron chi connectivity index (χ2n) is 5.12. The number of carbonyl (C=O) groups excluding carboxylic acids is 1. The summed E-state index contributed by atoms with van der Waals surface area (Å²) in [6, 6.07) is 13.9. The molecule has 3 aromatic rings. The molecule has 0 bridgehead atoms. The van der Waals surface area contributed by atoms with Crippen molar-refractivity contribution in [3.05, 3.63) is 53.6 Å². The van der Waals surface area contributed by atoms with Crippen molar-refractivity contribution in [3.63, 3.8) is 0 Å². The van der Waals surface area contributed by atoms with Crippen molar-refractivity contribution in [2.45, 2.75) is 13.0 Å². The Morgan fingerprint density at radius 3 is 2.83 bits per heavy atom. The molecule has 0 radical (unpaired) electrons. The molecular weight excluding hydrogens is 330 g/mol. The third-order valence-electron chi connectivity index (χ3n) is 3.36. The highest BCUT2D eigenvalue weighted by molar-refractivity contribution is 6.30. The van der Waals surface area contributed by atoms with Crippen molar-refractivity contribution in [1.29, 1.82) is 0 Å². The number of H-pyrrole nitrogens is 1. The van der Waals surface area contributed by atoms with E-state index in [1.165, 1.54) is 0 Å². The molecule has 1 heterocycles. The number of benzene rings is 2. The molecule has 1 atom stereocenters. The average Bonchev–Trinajstić information content (AvgIpc) is 2.88. The Bertz CT molecular complexity index is 920. The highest BCUT2D eigenvalue weighted by Gasteiger charge is 2.16. The molecule has 2 N–H and O–H groups in total. The molecule has 24 heavy (non-hydrogen) atoms. The second kappa shape index (κ2) is 6.72. The molecule has 2 aromatic carbocycles. The van der Waals surface area contributed by atoms with Crippen LogP contribution >= 0.6 is 11.6 Å². The van der Waals surface area contributed by atoms with Gasteiger partial charge in [0.2, 0.25) is 5.88 Å². The smallest absolute Gasteiger partial charge is 0.304 e. The Kier molecular flexibility index (Phi) is 4.48. The lowest BCUT2D eigenvalue weighted by molar-refractivity contribution is -0.124. The van der Waals surface area contributed by atoms with E-state index in [4.69, 9.17) is 16.3 Å². The first-order valence-electron chi connectivity index (χ1n) is 7.22. The summed E-state index contributed by atoms with van der Waals surface area (Å²) in [7, 11) is 0. The number of hydrogen-bond donors (Lipinski definition) is 2. The first-order valence-corrected chi connectivity index (χ1v) is 7.60. The Hall–Kier alpha value is -2.86. The van der Waals surface area contributed by atoms with Crippen molar-refractivity contribution < 1.29 is 14.6 Å². The molecule has 122 valence electrons. The van der Waals surface area contributed by atoms with Gasteiger partial charge in [-0.05, 0) is 31.2 Å². The Balaban J connectivity index is 1.75. The van der Waals surface area contributed by atoms with E-state index in [0.29, 0.717) is 21.7 Å². The predicted octanol–water partition coefficient (Wildman–Crippen LogP) is 4.60. The largest absolute Gasteiger partial charge is 0.493 e. The number of nitrogens with one attached hydrogen (secondary N) is 1. The van der Waals surface area contributed by atoms with E-state index in [1.54, 1.807) is 49.4 Å². The number of aromatic amines is 1. The summed E-state index contributed by atoms with van der Waals surface area (Å²) in [6.45, 7) is 1.57. The number of halogens is 1. The molecule has 1 amide bonds. The van der Waals surface area contributed by atoms with Gasteiger partial charge in [-0.1, -0.05) is 35.9 Å². The van der Waals surface area contributed by atoms with E-state index in [0.717, 1.165) is 0 Å². The zero-order chi connectivity index (χ0) is 17.1. The molecule has 0 fully saturated rings. The number of fused-ring (bicyclic) bond motifs is 1. The summed E-state index contributed by atoms with van der Waals surface area (Å²) in [4.78, 5) is 14.8. The molecule has 0 aliphatic carbocycles. The van der Waals surface area contributed by atoms with Gasteiger partial charge in [0.1, 0.15) is 5.75 Å². The number of amides is 1. The number of carbonyl (C=O) groups is 1. The van der Waals surface area contributed by atoms with Crippen molar-refractivity contribution >= 4 is 34.1 Å². The lowest BCUT2D eigenvalue weighted by Crippen LogP contribution is -2.21. The van der Waals surface area contributed by atoms with Crippen LogP contribution in [0.3, 0.4) is 0 Å². The molecule has 7 heteroatoms.